The van der Waals surface area contributed by atoms with Crippen LogP contribution in [-0.4, -0.2) is 63.8 Å². The van der Waals surface area contributed by atoms with Gasteiger partial charge in [0, 0.05) is 25.0 Å². The predicted molar refractivity (Wildman–Crippen MR) is 130 cm³/mol. The van der Waals surface area contributed by atoms with Crippen molar-refractivity contribution in [3.63, 3.8) is 0 Å². The number of hydrogen-bond acceptors (Lipinski definition) is 7. The first-order valence-electron chi connectivity index (χ1n) is 10.9. The Bertz CT molecular complexity index is 1140. The van der Waals surface area contributed by atoms with Crippen LogP contribution in [0.4, 0.5) is 5.69 Å². The van der Waals surface area contributed by atoms with Gasteiger partial charge in [-0.1, -0.05) is 12.1 Å². The Morgan fingerprint density at radius 2 is 1.63 bits per heavy atom. The van der Waals surface area contributed by atoms with E-state index in [1.807, 2.05) is 0 Å². The number of carbonyl (C=O) groups excluding carboxylic acids is 3. The lowest BCUT2D eigenvalue weighted by Crippen LogP contribution is -2.28. The summed E-state index contributed by atoms with van der Waals surface area (Å²) < 4.78 is 20.6. The van der Waals surface area contributed by atoms with Crippen molar-refractivity contribution in [3.05, 3.63) is 70.9 Å². The number of methoxy groups -OCH3 is 3. The molecular weight excluding hydrogens is 452 g/mol. The average molecular weight is 481 g/mol. The largest absolute Gasteiger partial charge is 0.497 e. The van der Waals surface area contributed by atoms with Crippen molar-refractivity contribution in [1.29, 1.82) is 0 Å². The second-order valence-corrected chi connectivity index (χ2v) is 7.59. The van der Waals surface area contributed by atoms with Crippen molar-refractivity contribution in [3.8, 4) is 11.5 Å². The second-order valence-electron chi connectivity index (χ2n) is 7.59. The average Bonchev–Trinajstić information content (AvgIpc) is 3.10. The number of hydrogen-bond donors (Lipinski definition) is 1. The Morgan fingerprint density at radius 3 is 2.23 bits per heavy atom. The maximum Gasteiger partial charge on any atom is 0.340 e. The third-order valence-corrected chi connectivity index (χ3v) is 5.35. The number of nitrogens with one attached hydrogen (secondary N) is 1. The first-order chi connectivity index (χ1) is 16.9. The van der Waals surface area contributed by atoms with Crippen molar-refractivity contribution in [1.82, 2.24) is 4.90 Å². The van der Waals surface area contributed by atoms with Crippen LogP contribution in [0.25, 0.3) is 6.08 Å². The van der Waals surface area contributed by atoms with Crippen LogP contribution < -0.4 is 14.8 Å². The zero-order valence-corrected chi connectivity index (χ0v) is 20.1. The normalized spacial score (nSPS) is 14.3. The van der Waals surface area contributed by atoms with Crippen LogP contribution in [-0.2, 0) is 23.9 Å². The summed E-state index contributed by atoms with van der Waals surface area (Å²) in [6, 6.07) is 13.8. The van der Waals surface area contributed by atoms with Gasteiger partial charge in [-0.2, -0.15) is 0 Å². The number of esters is 1. The number of nitrogens with zero attached hydrogens (tertiary/aromatic N) is 1. The number of ether oxygens (including phenoxy) is 4. The topological polar surface area (TPSA) is 103 Å². The molecule has 0 saturated heterocycles. The highest BCUT2D eigenvalue weighted by atomic mass is 16.5. The molecule has 0 spiro atoms. The second kappa shape index (κ2) is 11.8. The molecule has 1 aliphatic rings. The zero-order valence-electron chi connectivity index (χ0n) is 20.1. The molecule has 2 aromatic carbocycles. The molecule has 2 aromatic rings. The number of carbonyl (C=O) groups is 3. The third-order valence-electron chi connectivity index (χ3n) is 5.35. The van der Waals surface area contributed by atoms with Gasteiger partial charge in [-0.3, -0.25) is 9.59 Å². The maximum absolute atomic E-state index is 13.0. The Kier molecular flexibility index (Phi) is 8.63. The monoisotopic (exact) mass is 480 g/mol. The molecule has 184 valence electrons. The van der Waals surface area contributed by atoms with Crippen molar-refractivity contribution >= 4 is 29.5 Å². The smallest absolute Gasteiger partial charge is 0.340 e. The Morgan fingerprint density at radius 1 is 0.971 bits per heavy atom. The summed E-state index contributed by atoms with van der Waals surface area (Å²) in [5.41, 5.74) is 2.31. The minimum Gasteiger partial charge on any atom is -0.497 e. The van der Waals surface area contributed by atoms with Gasteiger partial charge in [-0.25, -0.2) is 4.79 Å². The van der Waals surface area contributed by atoms with E-state index >= 15 is 0 Å². The lowest BCUT2D eigenvalue weighted by Gasteiger charge is -2.16. The van der Waals surface area contributed by atoms with Crippen LogP contribution in [0.5, 0.6) is 11.5 Å². The number of allylic oxidation sites excluding steroid dienone is 1. The van der Waals surface area contributed by atoms with Crippen LogP contribution in [0.15, 0.2) is 65.4 Å². The molecule has 1 N–H and O–H groups in total. The standard InChI is InChI=1S/C26H28N2O7/c1-17-24(26(31)34-4)22(25(30)28(17)13-14-32-2)15-18-5-9-21(10-6-18)35-16-23(29)27-19-7-11-20(33-3)12-8-19/h5-12,15H,13-14,16H2,1-4H3,(H,27,29)/b22-15-. The minimum atomic E-state index is -0.579. The molecule has 1 heterocycles. The minimum absolute atomic E-state index is 0.173. The summed E-state index contributed by atoms with van der Waals surface area (Å²) in [5, 5.41) is 2.74. The lowest BCUT2D eigenvalue weighted by atomic mass is 10.0. The molecule has 0 aromatic heterocycles. The SMILES string of the molecule is COCCN1C(=O)/C(=C\c2ccc(OCC(=O)Nc3ccc(OC)cc3)cc2)C(C(=O)OC)=C1C. The van der Waals surface area contributed by atoms with Crippen molar-refractivity contribution < 1.29 is 33.3 Å². The summed E-state index contributed by atoms with van der Waals surface area (Å²) in [7, 11) is 4.39. The summed E-state index contributed by atoms with van der Waals surface area (Å²) in [5.74, 6) is -0.00483. The van der Waals surface area contributed by atoms with Crippen LogP contribution >= 0.6 is 0 Å². The van der Waals surface area contributed by atoms with Crippen LogP contribution in [0.3, 0.4) is 0 Å². The molecule has 0 radical (unpaired) electrons. The highest BCUT2D eigenvalue weighted by molar-refractivity contribution is 6.16. The molecule has 0 atom stereocenters. The van der Waals surface area contributed by atoms with E-state index in [0.29, 0.717) is 41.6 Å². The van der Waals surface area contributed by atoms with E-state index in [-0.39, 0.29) is 29.6 Å². The molecule has 0 saturated carbocycles. The highest BCUT2D eigenvalue weighted by Gasteiger charge is 2.36. The third kappa shape index (κ3) is 6.27. The van der Waals surface area contributed by atoms with E-state index in [0.717, 1.165) is 0 Å². The number of amides is 2. The van der Waals surface area contributed by atoms with E-state index in [4.69, 9.17) is 18.9 Å². The van der Waals surface area contributed by atoms with Gasteiger partial charge in [-0.05, 0) is 55.0 Å². The molecule has 0 unspecified atom stereocenters. The number of rotatable bonds is 10. The summed E-state index contributed by atoms with van der Waals surface area (Å²) in [6.45, 7) is 2.19. The quantitative estimate of drug-likeness (QED) is 0.412. The molecule has 0 aliphatic carbocycles. The fourth-order valence-electron chi connectivity index (χ4n) is 3.53. The van der Waals surface area contributed by atoms with Crippen molar-refractivity contribution in [2.24, 2.45) is 0 Å². The molecular formula is C26H28N2O7. The summed E-state index contributed by atoms with van der Waals surface area (Å²) in [4.78, 5) is 39.0. The van der Waals surface area contributed by atoms with Gasteiger partial charge in [0.25, 0.3) is 11.8 Å². The zero-order chi connectivity index (χ0) is 25.4. The van der Waals surface area contributed by atoms with Crippen LogP contribution in [0, 0.1) is 0 Å². The van der Waals surface area contributed by atoms with Gasteiger partial charge in [0.1, 0.15) is 11.5 Å². The maximum atomic E-state index is 13.0. The number of benzene rings is 2. The molecule has 9 nitrogen and oxygen atoms in total. The van der Waals surface area contributed by atoms with Crippen molar-refractivity contribution in [2.75, 3.05) is 46.4 Å². The Balaban J connectivity index is 1.67. The fraction of sp³-hybridized carbons (Fsp3) is 0.269. The summed E-state index contributed by atoms with van der Waals surface area (Å²) >= 11 is 0. The van der Waals surface area contributed by atoms with E-state index < -0.39 is 5.97 Å². The predicted octanol–water partition coefficient (Wildman–Crippen LogP) is 3.03. The highest BCUT2D eigenvalue weighted by Crippen LogP contribution is 2.31. The molecule has 0 bridgehead atoms. The van der Waals surface area contributed by atoms with E-state index in [1.165, 1.54) is 12.0 Å². The van der Waals surface area contributed by atoms with Crippen LogP contribution in [0.1, 0.15) is 12.5 Å². The van der Waals surface area contributed by atoms with Gasteiger partial charge < -0.3 is 29.2 Å². The molecule has 9 heteroatoms. The van der Waals surface area contributed by atoms with Gasteiger partial charge in [-0.15, -0.1) is 0 Å². The molecule has 35 heavy (non-hydrogen) atoms. The molecule has 1 aliphatic heterocycles. The Hall–Kier alpha value is -4.11. The van der Waals surface area contributed by atoms with Gasteiger partial charge in [0.15, 0.2) is 6.61 Å². The van der Waals surface area contributed by atoms with Gasteiger partial charge >= 0.3 is 5.97 Å². The van der Waals surface area contributed by atoms with E-state index in [2.05, 4.69) is 5.32 Å². The molecule has 2 amide bonds. The fourth-order valence-corrected chi connectivity index (χ4v) is 3.53. The summed E-state index contributed by atoms with van der Waals surface area (Å²) in [6.07, 6.45) is 1.63. The first-order valence-corrected chi connectivity index (χ1v) is 10.9. The molecule has 0 fully saturated rings. The first kappa shape index (κ1) is 25.5. The lowest BCUT2D eigenvalue weighted by molar-refractivity contribution is -0.136. The van der Waals surface area contributed by atoms with Crippen molar-refractivity contribution in [2.45, 2.75) is 6.92 Å². The molecule has 3 rings (SSSR count). The Labute approximate surface area is 203 Å². The van der Waals surface area contributed by atoms with Gasteiger partial charge in [0.05, 0.1) is 32.0 Å². The van der Waals surface area contributed by atoms with E-state index in [1.54, 1.807) is 75.8 Å². The van der Waals surface area contributed by atoms with Crippen LogP contribution in [0.2, 0.25) is 0 Å². The van der Waals surface area contributed by atoms with Gasteiger partial charge in [0.2, 0.25) is 0 Å². The van der Waals surface area contributed by atoms with E-state index in [9.17, 15) is 14.4 Å². The number of anilines is 1.